The summed E-state index contributed by atoms with van der Waals surface area (Å²) in [5.74, 6) is 0.266. The zero-order valence-electron chi connectivity index (χ0n) is 12.4. The Morgan fingerprint density at radius 3 is 2.50 bits per heavy atom. The third kappa shape index (κ3) is 4.91. The smallest absolute Gasteiger partial charge is 0.228 e. The van der Waals surface area contributed by atoms with Crippen LogP contribution in [0.3, 0.4) is 0 Å². The number of carbonyl (C=O) groups excluding carboxylic acids is 1. The molecule has 1 amide bonds. The third-order valence-corrected chi connectivity index (χ3v) is 4.34. The molecule has 0 saturated heterocycles. The summed E-state index contributed by atoms with van der Waals surface area (Å²) in [5, 5.41) is 3.76. The van der Waals surface area contributed by atoms with Crippen molar-refractivity contribution in [2.75, 3.05) is 19.0 Å². The predicted molar refractivity (Wildman–Crippen MR) is 86.2 cm³/mol. The summed E-state index contributed by atoms with van der Waals surface area (Å²) in [4.78, 5) is 12.6. The maximum Gasteiger partial charge on any atom is 0.228 e. The van der Waals surface area contributed by atoms with Crippen LogP contribution in [0.1, 0.15) is 31.7 Å². The second-order valence-corrected chi connectivity index (χ2v) is 5.74. The lowest BCUT2D eigenvalue weighted by Gasteiger charge is -2.25. The van der Waals surface area contributed by atoms with Crippen LogP contribution < -0.4 is 5.32 Å². The first-order chi connectivity index (χ1) is 9.63. The quantitative estimate of drug-likeness (QED) is 0.736. The molecule has 0 fully saturated rings. The lowest BCUT2D eigenvalue weighted by atomic mass is 9.84. The molecule has 1 N–H and O–H groups in total. The Morgan fingerprint density at radius 2 is 2.00 bits per heavy atom. The van der Waals surface area contributed by atoms with Crippen molar-refractivity contribution < 1.29 is 9.53 Å². The maximum absolute atomic E-state index is 12.6. The van der Waals surface area contributed by atoms with Crippen molar-refractivity contribution in [1.82, 2.24) is 5.32 Å². The molecular weight excluding hydrogens is 318 g/mol. The van der Waals surface area contributed by atoms with E-state index >= 15 is 0 Å². The predicted octanol–water partition coefficient (Wildman–Crippen LogP) is 3.34. The number of ether oxygens (including phenoxy) is 1. The Balaban J connectivity index is 2.86. The number of amides is 1. The summed E-state index contributed by atoms with van der Waals surface area (Å²) in [6.45, 7) is 4.75. The van der Waals surface area contributed by atoms with Gasteiger partial charge in [0.05, 0.1) is 18.6 Å². The molecule has 4 heteroatoms. The van der Waals surface area contributed by atoms with Crippen molar-refractivity contribution in [3.05, 3.63) is 35.9 Å². The number of rotatable bonds is 8. The molecule has 1 aromatic carbocycles. The van der Waals surface area contributed by atoms with Gasteiger partial charge in [0.2, 0.25) is 5.91 Å². The van der Waals surface area contributed by atoms with Gasteiger partial charge in [0.1, 0.15) is 0 Å². The summed E-state index contributed by atoms with van der Waals surface area (Å²) in [5.41, 5.74) is 1.07. The first kappa shape index (κ1) is 17.2. The fourth-order valence-corrected chi connectivity index (χ4v) is 2.60. The number of carbonyl (C=O) groups is 1. The number of methoxy groups -OCH3 is 1. The lowest BCUT2D eigenvalue weighted by Crippen LogP contribution is -2.43. The molecule has 0 radical (unpaired) electrons. The van der Waals surface area contributed by atoms with E-state index in [0.717, 1.165) is 12.0 Å². The van der Waals surface area contributed by atoms with Crippen molar-refractivity contribution in [1.29, 1.82) is 0 Å². The highest BCUT2D eigenvalue weighted by atomic mass is 79.9. The van der Waals surface area contributed by atoms with E-state index in [0.29, 0.717) is 17.9 Å². The van der Waals surface area contributed by atoms with Gasteiger partial charge in [0, 0.05) is 12.4 Å². The molecule has 112 valence electrons. The summed E-state index contributed by atoms with van der Waals surface area (Å²) >= 11 is 3.41. The molecule has 0 aliphatic rings. The van der Waals surface area contributed by atoms with Crippen LogP contribution in [0.25, 0.3) is 0 Å². The highest BCUT2D eigenvalue weighted by Gasteiger charge is 2.27. The van der Waals surface area contributed by atoms with Crippen LogP contribution in [-0.4, -0.2) is 31.0 Å². The van der Waals surface area contributed by atoms with E-state index in [1.54, 1.807) is 7.11 Å². The second kappa shape index (κ2) is 9.14. The SMILES string of the molecule is CCC(C)C(C(=O)NC(CBr)COC)c1ccccc1. The molecule has 0 aliphatic heterocycles. The molecule has 0 aliphatic carbocycles. The standard InChI is InChI=1S/C16H24BrNO2/c1-4-12(2)15(13-8-6-5-7-9-13)16(19)18-14(10-17)11-20-3/h5-9,12,14-15H,4,10-11H2,1-3H3,(H,18,19). The summed E-state index contributed by atoms with van der Waals surface area (Å²) in [6, 6.07) is 9.99. The van der Waals surface area contributed by atoms with Crippen molar-refractivity contribution in [3.8, 4) is 0 Å². The number of nitrogens with one attached hydrogen (secondary N) is 1. The average molecular weight is 342 g/mol. The Morgan fingerprint density at radius 1 is 1.35 bits per heavy atom. The van der Waals surface area contributed by atoms with Crippen LogP contribution in [0.4, 0.5) is 0 Å². The van der Waals surface area contributed by atoms with Gasteiger partial charge in [-0.2, -0.15) is 0 Å². The molecule has 0 heterocycles. The van der Waals surface area contributed by atoms with Crippen LogP contribution in [-0.2, 0) is 9.53 Å². The normalized spacial score (nSPS) is 15.4. The number of halogens is 1. The van der Waals surface area contributed by atoms with Gasteiger partial charge in [-0.3, -0.25) is 4.79 Å². The highest BCUT2D eigenvalue weighted by molar-refractivity contribution is 9.09. The number of alkyl halides is 1. The molecule has 1 aromatic rings. The number of hydrogen-bond donors (Lipinski definition) is 1. The van der Waals surface area contributed by atoms with Gasteiger partial charge in [0.15, 0.2) is 0 Å². The minimum atomic E-state index is -0.111. The van der Waals surface area contributed by atoms with Gasteiger partial charge < -0.3 is 10.1 Å². The van der Waals surface area contributed by atoms with Gasteiger partial charge in [-0.05, 0) is 11.5 Å². The van der Waals surface area contributed by atoms with Crippen molar-refractivity contribution in [3.63, 3.8) is 0 Å². The topological polar surface area (TPSA) is 38.3 Å². The molecule has 20 heavy (non-hydrogen) atoms. The number of benzene rings is 1. The molecule has 0 bridgehead atoms. The van der Waals surface area contributed by atoms with Gasteiger partial charge in [0.25, 0.3) is 0 Å². The van der Waals surface area contributed by atoms with E-state index in [9.17, 15) is 4.79 Å². The molecular formula is C16H24BrNO2. The molecule has 3 atom stereocenters. The van der Waals surface area contributed by atoms with Crippen molar-refractivity contribution in [2.24, 2.45) is 5.92 Å². The van der Waals surface area contributed by atoms with Crippen molar-refractivity contribution >= 4 is 21.8 Å². The third-order valence-electron chi connectivity index (χ3n) is 3.55. The second-order valence-electron chi connectivity index (χ2n) is 5.09. The van der Waals surface area contributed by atoms with E-state index in [1.165, 1.54) is 0 Å². The zero-order valence-corrected chi connectivity index (χ0v) is 14.0. The van der Waals surface area contributed by atoms with Crippen LogP contribution in [0.2, 0.25) is 0 Å². The van der Waals surface area contributed by atoms with Gasteiger partial charge in [-0.25, -0.2) is 0 Å². The van der Waals surface area contributed by atoms with Crippen molar-refractivity contribution in [2.45, 2.75) is 32.2 Å². The highest BCUT2D eigenvalue weighted by Crippen LogP contribution is 2.27. The van der Waals surface area contributed by atoms with Crippen LogP contribution in [0.15, 0.2) is 30.3 Å². The molecule has 3 nitrogen and oxygen atoms in total. The maximum atomic E-state index is 12.6. The first-order valence-corrected chi connectivity index (χ1v) is 8.16. The van der Waals surface area contributed by atoms with Gasteiger partial charge in [-0.1, -0.05) is 66.5 Å². The van der Waals surface area contributed by atoms with E-state index in [2.05, 4.69) is 35.1 Å². The Labute approximate surface area is 130 Å². The summed E-state index contributed by atoms with van der Waals surface area (Å²) < 4.78 is 5.12. The Bertz CT molecular complexity index is 397. The van der Waals surface area contributed by atoms with Crippen LogP contribution >= 0.6 is 15.9 Å². The molecule has 0 spiro atoms. The minimum Gasteiger partial charge on any atom is -0.383 e. The summed E-state index contributed by atoms with van der Waals surface area (Å²) in [6.07, 6.45) is 0.968. The zero-order chi connectivity index (χ0) is 15.0. The monoisotopic (exact) mass is 341 g/mol. The fraction of sp³-hybridized carbons (Fsp3) is 0.562. The Kier molecular flexibility index (Phi) is 7.85. The number of hydrogen-bond acceptors (Lipinski definition) is 2. The minimum absolute atomic E-state index is 0.00256. The summed E-state index contributed by atoms with van der Waals surface area (Å²) in [7, 11) is 1.64. The van der Waals surface area contributed by atoms with E-state index in [4.69, 9.17) is 4.74 Å². The van der Waals surface area contributed by atoms with Crippen LogP contribution in [0.5, 0.6) is 0 Å². The van der Waals surface area contributed by atoms with Gasteiger partial charge in [-0.15, -0.1) is 0 Å². The molecule has 1 rings (SSSR count). The molecule has 0 aromatic heterocycles. The lowest BCUT2D eigenvalue weighted by molar-refractivity contribution is -0.124. The van der Waals surface area contributed by atoms with Gasteiger partial charge >= 0.3 is 0 Å². The molecule has 3 unspecified atom stereocenters. The van der Waals surface area contributed by atoms with Crippen LogP contribution in [0, 0.1) is 5.92 Å². The largest absolute Gasteiger partial charge is 0.383 e. The van der Waals surface area contributed by atoms with E-state index in [1.807, 2.05) is 30.3 Å². The average Bonchev–Trinajstić information content (AvgIpc) is 2.47. The van der Waals surface area contributed by atoms with E-state index in [-0.39, 0.29) is 17.9 Å². The first-order valence-electron chi connectivity index (χ1n) is 7.04. The Hall–Kier alpha value is -0.870. The fourth-order valence-electron chi connectivity index (χ4n) is 2.25. The van der Waals surface area contributed by atoms with E-state index < -0.39 is 0 Å². The molecule has 0 saturated carbocycles.